The van der Waals surface area contributed by atoms with Gasteiger partial charge in [0, 0.05) is 5.75 Å². The average molecular weight is 342 g/mol. The van der Waals surface area contributed by atoms with E-state index < -0.39 is 0 Å². The summed E-state index contributed by atoms with van der Waals surface area (Å²) < 4.78 is 0.964. The van der Waals surface area contributed by atoms with Crippen molar-refractivity contribution in [1.82, 2.24) is 5.32 Å². The third-order valence-electron chi connectivity index (χ3n) is 3.56. The number of carbonyl (C=O) groups is 1. The van der Waals surface area contributed by atoms with Gasteiger partial charge in [-0.3, -0.25) is 4.79 Å². The largest absolute Gasteiger partial charge is 0.349 e. The van der Waals surface area contributed by atoms with Crippen molar-refractivity contribution < 1.29 is 4.79 Å². The minimum absolute atomic E-state index is 0.0194. The van der Waals surface area contributed by atoms with Crippen LogP contribution in [0.5, 0.6) is 0 Å². The average Bonchev–Trinajstić information content (AvgIpc) is 2.60. The van der Waals surface area contributed by atoms with E-state index in [0.29, 0.717) is 5.75 Å². The first-order valence-corrected chi connectivity index (χ1v) is 9.46. The van der Waals surface area contributed by atoms with Crippen LogP contribution in [0.1, 0.15) is 24.1 Å². The van der Waals surface area contributed by atoms with Gasteiger partial charge in [-0.25, -0.2) is 4.99 Å². The standard InChI is InChI=1S/C18H18N2OS2/c1-13(14-7-3-2-4-8-14)19-17(21)12-23-18-20-16-10-6-5-9-15(16)11-22-18/h2-10,13H,11-12H2,1H3,(H,19,21). The molecule has 0 spiro atoms. The molecule has 1 aliphatic rings. The quantitative estimate of drug-likeness (QED) is 0.887. The fourth-order valence-electron chi connectivity index (χ4n) is 2.32. The van der Waals surface area contributed by atoms with E-state index in [1.807, 2.05) is 55.5 Å². The summed E-state index contributed by atoms with van der Waals surface area (Å²) in [6.07, 6.45) is 0. The highest BCUT2D eigenvalue weighted by Crippen LogP contribution is 2.34. The van der Waals surface area contributed by atoms with Gasteiger partial charge in [0.1, 0.15) is 4.38 Å². The predicted molar refractivity (Wildman–Crippen MR) is 100 cm³/mol. The lowest BCUT2D eigenvalue weighted by atomic mass is 10.1. The summed E-state index contributed by atoms with van der Waals surface area (Å²) in [5, 5.41) is 3.03. The van der Waals surface area contributed by atoms with Crippen molar-refractivity contribution in [2.75, 3.05) is 5.75 Å². The molecule has 0 radical (unpaired) electrons. The fourth-order valence-corrected chi connectivity index (χ4v) is 4.20. The van der Waals surface area contributed by atoms with E-state index in [4.69, 9.17) is 0 Å². The fraction of sp³-hybridized carbons (Fsp3) is 0.222. The molecule has 3 nitrogen and oxygen atoms in total. The number of aliphatic imine (C=N–C) groups is 1. The summed E-state index contributed by atoms with van der Waals surface area (Å²) in [6.45, 7) is 2.00. The van der Waals surface area contributed by atoms with E-state index in [-0.39, 0.29) is 11.9 Å². The smallest absolute Gasteiger partial charge is 0.230 e. The van der Waals surface area contributed by atoms with Crippen LogP contribution in [0, 0.1) is 0 Å². The topological polar surface area (TPSA) is 41.5 Å². The molecule has 1 N–H and O–H groups in total. The van der Waals surface area contributed by atoms with E-state index in [9.17, 15) is 4.79 Å². The van der Waals surface area contributed by atoms with Crippen LogP contribution in [-0.2, 0) is 10.5 Å². The number of nitrogens with one attached hydrogen (secondary N) is 1. The molecule has 1 heterocycles. The second-order valence-corrected chi connectivity index (χ2v) is 7.47. The Bertz CT molecular complexity index is 716. The second kappa shape index (κ2) is 7.70. The molecule has 1 aliphatic heterocycles. The van der Waals surface area contributed by atoms with Crippen molar-refractivity contribution in [3.63, 3.8) is 0 Å². The Morgan fingerprint density at radius 2 is 1.96 bits per heavy atom. The van der Waals surface area contributed by atoms with Crippen LogP contribution in [0.25, 0.3) is 0 Å². The summed E-state index contributed by atoms with van der Waals surface area (Å²) in [7, 11) is 0. The number of hydrogen-bond donors (Lipinski definition) is 1. The van der Waals surface area contributed by atoms with Crippen LogP contribution in [0.3, 0.4) is 0 Å². The Morgan fingerprint density at radius 1 is 1.22 bits per heavy atom. The molecule has 1 unspecified atom stereocenters. The molecule has 1 atom stereocenters. The molecule has 0 aliphatic carbocycles. The van der Waals surface area contributed by atoms with Gasteiger partial charge in [0.2, 0.25) is 5.91 Å². The summed E-state index contributed by atoms with van der Waals surface area (Å²) in [5.41, 5.74) is 3.39. The summed E-state index contributed by atoms with van der Waals surface area (Å²) in [6, 6.07) is 18.2. The number of thioether (sulfide) groups is 2. The maximum atomic E-state index is 12.1. The molecule has 23 heavy (non-hydrogen) atoms. The van der Waals surface area contributed by atoms with Crippen molar-refractivity contribution >= 4 is 39.5 Å². The first-order valence-electron chi connectivity index (χ1n) is 7.49. The highest BCUT2D eigenvalue weighted by Gasteiger charge is 2.15. The van der Waals surface area contributed by atoms with Gasteiger partial charge in [-0.2, -0.15) is 0 Å². The molecule has 2 aromatic rings. The first kappa shape index (κ1) is 16.1. The van der Waals surface area contributed by atoms with Crippen LogP contribution in [0.15, 0.2) is 59.6 Å². The van der Waals surface area contributed by atoms with Crippen LogP contribution in [0.4, 0.5) is 5.69 Å². The zero-order valence-corrected chi connectivity index (χ0v) is 14.5. The first-order chi connectivity index (χ1) is 11.2. The molecule has 0 saturated carbocycles. The number of fused-ring (bicyclic) bond motifs is 1. The maximum Gasteiger partial charge on any atom is 0.230 e. The summed E-state index contributed by atoms with van der Waals surface area (Å²) in [4.78, 5) is 16.7. The minimum Gasteiger partial charge on any atom is -0.349 e. The summed E-state index contributed by atoms with van der Waals surface area (Å²) in [5.74, 6) is 1.35. The number of nitrogens with zero attached hydrogens (tertiary/aromatic N) is 1. The number of hydrogen-bond acceptors (Lipinski definition) is 4. The molecule has 0 fully saturated rings. The SMILES string of the molecule is CC(NC(=O)CSC1=Nc2ccccc2CS1)c1ccccc1. The van der Waals surface area contributed by atoms with Crippen molar-refractivity contribution in [3.05, 3.63) is 65.7 Å². The number of rotatable bonds is 4. The van der Waals surface area contributed by atoms with Crippen LogP contribution in [-0.4, -0.2) is 16.0 Å². The Balaban J connectivity index is 1.53. The predicted octanol–water partition coefficient (Wildman–Crippen LogP) is 4.53. The molecule has 2 aromatic carbocycles. The lowest BCUT2D eigenvalue weighted by molar-refractivity contribution is -0.119. The van der Waals surface area contributed by atoms with Gasteiger partial charge in [-0.15, -0.1) is 0 Å². The highest BCUT2D eigenvalue weighted by molar-refractivity contribution is 8.38. The Labute approximate surface area is 145 Å². The third-order valence-corrected chi connectivity index (χ3v) is 5.80. The van der Waals surface area contributed by atoms with Crippen molar-refractivity contribution in [2.45, 2.75) is 18.7 Å². The molecular weight excluding hydrogens is 324 g/mol. The van der Waals surface area contributed by atoms with E-state index in [0.717, 1.165) is 21.4 Å². The van der Waals surface area contributed by atoms with Crippen LogP contribution < -0.4 is 5.32 Å². The monoisotopic (exact) mass is 342 g/mol. The maximum absolute atomic E-state index is 12.1. The van der Waals surface area contributed by atoms with Gasteiger partial charge in [-0.05, 0) is 24.1 Å². The Kier molecular flexibility index (Phi) is 5.41. The van der Waals surface area contributed by atoms with Crippen LogP contribution in [0.2, 0.25) is 0 Å². The molecule has 1 amide bonds. The van der Waals surface area contributed by atoms with Gasteiger partial charge < -0.3 is 5.32 Å². The Morgan fingerprint density at radius 3 is 2.78 bits per heavy atom. The Hall–Kier alpha value is -1.72. The number of benzene rings is 2. The van der Waals surface area contributed by atoms with Gasteiger partial charge in [0.25, 0.3) is 0 Å². The molecule has 0 bridgehead atoms. The number of carbonyl (C=O) groups excluding carboxylic acids is 1. The lowest BCUT2D eigenvalue weighted by Gasteiger charge is -2.16. The van der Waals surface area contributed by atoms with Gasteiger partial charge in [-0.1, -0.05) is 72.1 Å². The van der Waals surface area contributed by atoms with Gasteiger partial charge >= 0.3 is 0 Å². The molecule has 118 valence electrons. The highest BCUT2D eigenvalue weighted by atomic mass is 32.2. The second-order valence-electron chi connectivity index (χ2n) is 5.28. The molecule has 0 aromatic heterocycles. The number of amides is 1. The molecule has 5 heteroatoms. The van der Waals surface area contributed by atoms with E-state index >= 15 is 0 Å². The summed E-state index contributed by atoms with van der Waals surface area (Å²) >= 11 is 3.20. The van der Waals surface area contributed by atoms with Gasteiger partial charge in [0.15, 0.2) is 0 Å². The number of para-hydroxylation sites is 1. The van der Waals surface area contributed by atoms with Crippen molar-refractivity contribution in [1.29, 1.82) is 0 Å². The van der Waals surface area contributed by atoms with Crippen molar-refractivity contribution in [3.8, 4) is 0 Å². The van der Waals surface area contributed by atoms with Crippen molar-refractivity contribution in [2.24, 2.45) is 4.99 Å². The molecule has 0 saturated heterocycles. The molecular formula is C18H18N2OS2. The van der Waals surface area contributed by atoms with Crippen LogP contribution >= 0.6 is 23.5 Å². The van der Waals surface area contributed by atoms with Gasteiger partial charge in [0.05, 0.1) is 17.5 Å². The minimum atomic E-state index is 0.0194. The zero-order chi connectivity index (χ0) is 16.1. The van der Waals surface area contributed by atoms with E-state index in [1.54, 1.807) is 11.8 Å². The lowest BCUT2D eigenvalue weighted by Crippen LogP contribution is -2.28. The zero-order valence-electron chi connectivity index (χ0n) is 12.9. The molecule has 3 rings (SSSR count). The third kappa shape index (κ3) is 4.39. The normalized spacial score (nSPS) is 14.6. The van der Waals surface area contributed by atoms with E-state index in [2.05, 4.69) is 16.4 Å². The van der Waals surface area contributed by atoms with E-state index in [1.165, 1.54) is 17.3 Å².